The molecule has 2 aromatic carbocycles. The summed E-state index contributed by atoms with van der Waals surface area (Å²) in [7, 11) is 0. The van der Waals surface area contributed by atoms with Crippen molar-refractivity contribution in [1.82, 2.24) is 0 Å². The number of aliphatic carboxylic acids is 1. The van der Waals surface area contributed by atoms with E-state index >= 15 is 0 Å². The Hall–Kier alpha value is -3.84. The second kappa shape index (κ2) is 12.2. The highest BCUT2D eigenvalue weighted by Gasteiger charge is 2.27. The molecule has 0 heterocycles. The molecule has 0 aliphatic carbocycles. The molecule has 0 aliphatic heterocycles. The van der Waals surface area contributed by atoms with Gasteiger partial charge in [0, 0.05) is 16.7 Å². The Labute approximate surface area is 196 Å². The van der Waals surface area contributed by atoms with Crippen molar-refractivity contribution in [1.29, 1.82) is 0 Å². The lowest BCUT2D eigenvalue weighted by molar-refractivity contribution is -0.140. The zero-order chi connectivity index (χ0) is 28.1. The quantitative estimate of drug-likeness (QED) is 0.164. The van der Waals surface area contributed by atoms with Gasteiger partial charge in [-0.15, -0.1) is 0 Å². The Bertz CT molecular complexity index is 1200. The van der Waals surface area contributed by atoms with E-state index in [1.54, 1.807) is 0 Å². The highest BCUT2D eigenvalue weighted by Crippen LogP contribution is 2.25. The molecule has 0 fully saturated rings. The molecule has 0 saturated carbocycles. The normalized spacial score (nSPS) is 11.1. The number of allylic oxidation sites excluding steroid dienone is 1. The van der Waals surface area contributed by atoms with E-state index in [1.807, 2.05) is 0 Å². The first-order valence-electron chi connectivity index (χ1n) is 9.27. The topological polar surface area (TPSA) is 63.6 Å². The molecule has 0 atom stereocenters. The summed E-state index contributed by atoms with van der Waals surface area (Å²) in [6.07, 6.45) is 0.157. The van der Waals surface area contributed by atoms with Crippen LogP contribution in [0.2, 0.25) is 0 Å². The summed E-state index contributed by atoms with van der Waals surface area (Å²) < 4.78 is 133. The fraction of sp³-hybridized carbons (Fsp3) is 0.182. The van der Waals surface area contributed by atoms with Crippen LogP contribution in [0.25, 0.3) is 0 Å². The maximum atomic E-state index is 13.2. The van der Waals surface area contributed by atoms with Crippen LogP contribution in [0.15, 0.2) is 23.8 Å². The number of hydrogen-bond donors (Lipinski definition) is 1. The molecule has 196 valence electrons. The zero-order valence-electron chi connectivity index (χ0n) is 18.2. The second-order valence-corrected chi connectivity index (χ2v) is 6.85. The Balaban J connectivity index is 0.000000360. The molecule has 36 heavy (non-hydrogen) atoms. The van der Waals surface area contributed by atoms with Gasteiger partial charge < -0.3 is 9.84 Å². The average molecular weight is 532 g/mol. The van der Waals surface area contributed by atoms with Gasteiger partial charge in [-0.05, 0) is 20.3 Å². The van der Waals surface area contributed by atoms with Gasteiger partial charge in [0.2, 0.25) is 11.6 Å². The number of hydrogen-bond acceptors (Lipinski definition) is 3. The van der Waals surface area contributed by atoms with Crippen LogP contribution in [0.5, 0.6) is 0 Å². The minimum absolute atomic E-state index is 0.0705. The summed E-state index contributed by atoms with van der Waals surface area (Å²) in [6.45, 7) is 4.52. The molecular formula is C22H14F10O4. The molecule has 0 aliphatic rings. The molecular weight excluding hydrogens is 518 g/mol. The first-order valence-corrected chi connectivity index (χ1v) is 9.27. The van der Waals surface area contributed by atoms with E-state index in [2.05, 4.69) is 11.3 Å². The largest absolute Gasteiger partial charge is 0.478 e. The minimum Gasteiger partial charge on any atom is -0.478 e. The predicted octanol–water partition coefficient (Wildman–Crippen LogP) is 5.96. The molecule has 2 rings (SSSR count). The molecule has 0 saturated heterocycles. The SMILES string of the molecule is C=C(C)C(=O)OCc1c(F)c(F)c(F)c(F)c1F.CC(=CCc1c(F)c(F)c(F)c(F)c1F)C(=O)O. The average Bonchev–Trinajstić information content (AvgIpc) is 2.83. The molecule has 0 bridgehead atoms. The molecule has 0 amide bonds. The number of benzene rings is 2. The van der Waals surface area contributed by atoms with Crippen molar-refractivity contribution in [3.63, 3.8) is 0 Å². The smallest absolute Gasteiger partial charge is 0.333 e. The van der Waals surface area contributed by atoms with Crippen molar-refractivity contribution in [2.45, 2.75) is 26.9 Å². The molecule has 14 heteroatoms. The van der Waals surface area contributed by atoms with Crippen LogP contribution in [0, 0.1) is 58.2 Å². The highest BCUT2D eigenvalue weighted by atomic mass is 19.2. The molecule has 1 N–H and O–H groups in total. The standard InChI is InChI=1S/2C11H7F5O2/c1-4(2)11(17)18-3-5-6(12)8(14)10(16)9(15)7(5)13;1-4(11(17)18)2-3-5-6(12)8(14)10(16)9(15)7(5)13/h1,3H2,2H3;2H,3H2,1H3,(H,17,18). The molecule has 0 unspecified atom stereocenters. The van der Waals surface area contributed by atoms with Crippen LogP contribution >= 0.6 is 0 Å². The molecule has 0 spiro atoms. The van der Waals surface area contributed by atoms with E-state index in [0.29, 0.717) is 0 Å². The number of esters is 1. The summed E-state index contributed by atoms with van der Waals surface area (Å²) in [5, 5.41) is 8.49. The predicted molar refractivity (Wildman–Crippen MR) is 102 cm³/mol. The van der Waals surface area contributed by atoms with E-state index in [4.69, 9.17) is 5.11 Å². The van der Waals surface area contributed by atoms with E-state index in [0.717, 1.165) is 13.0 Å². The number of ether oxygens (including phenoxy) is 1. The maximum absolute atomic E-state index is 13.2. The monoisotopic (exact) mass is 532 g/mol. The Morgan fingerprint density at radius 2 is 1.03 bits per heavy atom. The van der Waals surface area contributed by atoms with Crippen molar-refractivity contribution < 1.29 is 63.3 Å². The van der Waals surface area contributed by atoms with Crippen LogP contribution < -0.4 is 0 Å². The van der Waals surface area contributed by atoms with E-state index in [1.165, 1.54) is 6.92 Å². The summed E-state index contributed by atoms with van der Waals surface area (Å²) >= 11 is 0. The Morgan fingerprint density at radius 1 is 0.694 bits per heavy atom. The van der Waals surface area contributed by atoms with Gasteiger partial charge in [0.25, 0.3) is 0 Å². The van der Waals surface area contributed by atoms with Gasteiger partial charge in [0.05, 0.1) is 5.56 Å². The summed E-state index contributed by atoms with van der Waals surface area (Å²) in [6, 6.07) is 0. The fourth-order valence-corrected chi connectivity index (χ4v) is 2.21. The third-order valence-electron chi connectivity index (χ3n) is 4.25. The Morgan fingerprint density at radius 3 is 1.36 bits per heavy atom. The molecule has 2 aromatic rings. The van der Waals surface area contributed by atoms with Gasteiger partial charge in [0.1, 0.15) is 6.61 Å². The van der Waals surface area contributed by atoms with Crippen LogP contribution in [0.1, 0.15) is 25.0 Å². The molecule has 0 radical (unpaired) electrons. The minimum atomic E-state index is -2.26. The van der Waals surface area contributed by atoms with Crippen LogP contribution in [-0.4, -0.2) is 17.0 Å². The summed E-state index contributed by atoms with van der Waals surface area (Å²) in [5.74, 6) is -23.1. The number of carbonyl (C=O) groups excluding carboxylic acids is 1. The summed E-state index contributed by atoms with van der Waals surface area (Å²) in [4.78, 5) is 21.4. The third kappa shape index (κ3) is 6.64. The van der Waals surface area contributed by atoms with Gasteiger partial charge in [-0.1, -0.05) is 12.7 Å². The second-order valence-electron chi connectivity index (χ2n) is 6.85. The van der Waals surface area contributed by atoms with Crippen LogP contribution in [-0.2, 0) is 27.4 Å². The third-order valence-corrected chi connectivity index (χ3v) is 4.25. The maximum Gasteiger partial charge on any atom is 0.333 e. The number of carboxylic acids is 1. The highest BCUT2D eigenvalue weighted by molar-refractivity contribution is 5.87. The lowest BCUT2D eigenvalue weighted by Crippen LogP contribution is -2.11. The van der Waals surface area contributed by atoms with Crippen molar-refractivity contribution in [2.24, 2.45) is 0 Å². The zero-order valence-corrected chi connectivity index (χ0v) is 18.2. The molecule has 4 nitrogen and oxygen atoms in total. The fourth-order valence-electron chi connectivity index (χ4n) is 2.21. The van der Waals surface area contributed by atoms with E-state index in [9.17, 15) is 53.5 Å². The Kier molecular flexibility index (Phi) is 10.2. The number of carboxylic acid groups (broad SMARTS) is 1. The van der Waals surface area contributed by atoms with Gasteiger partial charge in [-0.3, -0.25) is 0 Å². The van der Waals surface area contributed by atoms with Gasteiger partial charge in [-0.25, -0.2) is 53.5 Å². The van der Waals surface area contributed by atoms with Gasteiger partial charge in [0.15, 0.2) is 46.5 Å². The first kappa shape index (κ1) is 30.2. The first-order chi connectivity index (χ1) is 16.5. The lowest BCUT2D eigenvalue weighted by Gasteiger charge is -2.08. The van der Waals surface area contributed by atoms with Gasteiger partial charge >= 0.3 is 11.9 Å². The van der Waals surface area contributed by atoms with E-state index in [-0.39, 0.29) is 11.1 Å². The number of halogens is 10. The van der Waals surface area contributed by atoms with Crippen molar-refractivity contribution in [3.05, 3.63) is 93.1 Å². The summed E-state index contributed by atoms with van der Waals surface area (Å²) in [5.41, 5.74) is -2.61. The van der Waals surface area contributed by atoms with Crippen molar-refractivity contribution in [3.8, 4) is 0 Å². The lowest BCUT2D eigenvalue weighted by atomic mass is 10.1. The van der Waals surface area contributed by atoms with Crippen molar-refractivity contribution in [2.75, 3.05) is 0 Å². The number of carbonyl (C=O) groups is 2. The van der Waals surface area contributed by atoms with Crippen molar-refractivity contribution >= 4 is 11.9 Å². The molecule has 0 aromatic heterocycles. The van der Waals surface area contributed by atoms with E-state index < -0.39 is 94.3 Å². The van der Waals surface area contributed by atoms with Crippen LogP contribution in [0.4, 0.5) is 43.9 Å². The van der Waals surface area contributed by atoms with Crippen LogP contribution in [0.3, 0.4) is 0 Å². The van der Waals surface area contributed by atoms with Gasteiger partial charge in [-0.2, -0.15) is 0 Å². The number of rotatable bonds is 6.